The van der Waals surface area contributed by atoms with E-state index in [0.29, 0.717) is 63.1 Å². The average molecular weight is 1050 g/mol. The van der Waals surface area contributed by atoms with Gasteiger partial charge in [-0.25, -0.2) is 4.98 Å². The number of esters is 2. The molecule has 1 aromatic rings. The highest BCUT2D eigenvalue weighted by Gasteiger charge is 2.19. The fourth-order valence-electron chi connectivity index (χ4n) is 4.96. The molecule has 0 aliphatic rings. The highest BCUT2D eigenvalue weighted by Crippen LogP contribution is 2.35. The molecule has 7 N–H and O–H groups in total. The lowest BCUT2D eigenvalue weighted by atomic mass is 10.2. The number of carbonyl (C=O) groups is 5. The monoisotopic (exact) mass is 1050 g/mol. The van der Waals surface area contributed by atoms with Crippen molar-refractivity contribution in [3.05, 3.63) is 28.4 Å². The van der Waals surface area contributed by atoms with Crippen molar-refractivity contribution in [3.63, 3.8) is 0 Å². The predicted octanol–water partition coefficient (Wildman–Crippen LogP) is 3.28. The summed E-state index contributed by atoms with van der Waals surface area (Å²) in [6, 6.07) is 3.01. The van der Waals surface area contributed by atoms with Crippen molar-refractivity contribution in [2.45, 2.75) is 152 Å². The van der Waals surface area contributed by atoms with Gasteiger partial charge in [0.15, 0.2) is 18.9 Å². The molecule has 7 atom stereocenters. The number of aliphatic hydroxyl groups is 4. The quantitative estimate of drug-likeness (QED) is 0.0124. The molecule has 406 valence electrons. The normalized spacial score (nSPS) is 13.9. The largest absolute Gasteiger partial charge is 0.481 e. The summed E-state index contributed by atoms with van der Waals surface area (Å²) >= 11 is 0. The number of pyridine rings is 1. The SMILES string of the molecule is CCC(CO)OC(CO)OC.CCC(CO)OC(COC(=O)CCCC(=O)NCCCNC(=O)CCC(C)SSc1ccc([N+](=O)[O-])cn1)OC.CCC(CO)OC(COC(=O)CCCC(=O)O)OC. The molecule has 0 spiro atoms. The van der Waals surface area contributed by atoms with E-state index >= 15 is 0 Å². The van der Waals surface area contributed by atoms with Gasteiger partial charge >= 0.3 is 17.9 Å². The molecule has 0 fully saturated rings. The number of nitro groups is 1. The van der Waals surface area contributed by atoms with Gasteiger partial charge in [0.25, 0.3) is 5.69 Å². The summed E-state index contributed by atoms with van der Waals surface area (Å²) in [5.41, 5.74) is -0.0549. The molecule has 0 radical (unpaired) electrons. The molecule has 26 heteroatoms. The minimum atomic E-state index is -0.945. The van der Waals surface area contributed by atoms with Crippen LogP contribution in [0.3, 0.4) is 0 Å². The standard InChI is InChI=1S/C25H40N4O9S2.C12H22O7.C7H16O4/c1-4-20(16-30)38-25(36-3)17-37-24(33)8-5-7-21(31)26-13-6-14-27-22(32)11-9-18(2)39-40-23-12-10-19(15-28-23)29(34)35;1-3-9(7-13)19-12(17-2)8-18-11(16)6-4-5-10(14)15;1-3-6(4-8)11-7(5-9)10-2/h10,12,15,18,20,25,30H,4-9,11,13-14,16-17H2,1-3H3,(H,26,31)(H,27,32);9,12-13H,3-8H2,1-2H3,(H,14,15);6-9H,3-5H2,1-2H3. The van der Waals surface area contributed by atoms with Gasteiger partial charge in [-0.2, -0.15) is 0 Å². The molecule has 70 heavy (non-hydrogen) atoms. The van der Waals surface area contributed by atoms with E-state index in [1.807, 2.05) is 27.7 Å². The van der Waals surface area contributed by atoms with Crippen LogP contribution in [0.15, 0.2) is 23.4 Å². The second kappa shape index (κ2) is 45.1. The minimum Gasteiger partial charge on any atom is -0.481 e. The number of ether oxygens (including phenoxy) is 8. The Morgan fingerprint density at radius 2 is 1.13 bits per heavy atom. The maximum absolute atomic E-state index is 12.1. The summed E-state index contributed by atoms with van der Waals surface area (Å²) in [6.07, 6.45) is 2.42. The smallest absolute Gasteiger partial charge is 0.305 e. The predicted molar refractivity (Wildman–Crippen MR) is 257 cm³/mol. The lowest BCUT2D eigenvalue weighted by molar-refractivity contribution is -0.385. The van der Waals surface area contributed by atoms with E-state index in [4.69, 9.17) is 58.3 Å². The fraction of sp³-hybridized carbons (Fsp3) is 0.773. The second-order valence-corrected chi connectivity index (χ2v) is 17.5. The van der Waals surface area contributed by atoms with Crippen LogP contribution in [0.4, 0.5) is 5.69 Å². The zero-order valence-electron chi connectivity index (χ0n) is 41.5. The van der Waals surface area contributed by atoms with E-state index in [9.17, 15) is 39.2 Å². The molecule has 1 aromatic heterocycles. The van der Waals surface area contributed by atoms with Gasteiger partial charge < -0.3 is 74.1 Å². The Morgan fingerprint density at radius 1 is 0.671 bits per heavy atom. The number of aliphatic hydroxyl groups excluding tert-OH is 4. The number of hydrogen-bond donors (Lipinski definition) is 7. The molecule has 0 bridgehead atoms. The molecule has 1 rings (SSSR count). The van der Waals surface area contributed by atoms with E-state index in [1.165, 1.54) is 44.4 Å². The number of rotatable bonds is 39. The zero-order chi connectivity index (χ0) is 53.1. The van der Waals surface area contributed by atoms with E-state index in [1.54, 1.807) is 16.9 Å². The van der Waals surface area contributed by atoms with Crippen LogP contribution < -0.4 is 10.6 Å². The van der Waals surface area contributed by atoms with Gasteiger partial charge in [-0.05, 0) is 61.8 Å². The van der Waals surface area contributed by atoms with Crippen molar-refractivity contribution >= 4 is 57.0 Å². The highest BCUT2D eigenvalue weighted by atomic mass is 33.1. The number of hydrogen-bond acceptors (Lipinski definition) is 22. The number of carboxylic acids is 1. The Kier molecular flexibility index (Phi) is 44.0. The van der Waals surface area contributed by atoms with E-state index < -0.39 is 47.8 Å². The number of carboxylic acid groups (broad SMARTS) is 1. The van der Waals surface area contributed by atoms with E-state index in [-0.39, 0.29) is 107 Å². The zero-order valence-corrected chi connectivity index (χ0v) is 43.1. The van der Waals surface area contributed by atoms with Gasteiger partial charge in [-0.1, -0.05) is 38.5 Å². The number of amides is 2. The first-order valence-electron chi connectivity index (χ1n) is 23.0. The summed E-state index contributed by atoms with van der Waals surface area (Å²) in [5.74, 6) is -2.16. The molecule has 2 amide bonds. The lowest BCUT2D eigenvalue weighted by Crippen LogP contribution is -2.31. The maximum atomic E-state index is 12.1. The Bertz CT molecular complexity index is 1510. The van der Waals surface area contributed by atoms with E-state index in [0.717, 1.165) is 0 Å². The molecule has 1 heterocycles. The van der Waals surface area contributed by atoms with Gasteiger partial charge in [0, 0.05) is 77.8 Å². The van der Waals surface area contributed by atoms with Crippen LogP contribution in [-0.2, 0) is 61.9 Å². The number of nitrogens with zero attached hydrogens (tertiary/aromatic N) is 2. The number of methoxy groups -OCH3 is 3. The summed E-state index contributed by atoms with van der Waals surface area (Å²) in [5, 5.41) is 61.0. The van der Waals surface area contributed by atoms with Gasteiger partial charge in [0.2, 0.25) is 11.8 Å². The molecule has 0 aromatic carbocycles. The van der Waals surface area contributed by atoms with Gasteiger partial charge in [0.05, 0.1) is 49.7 Å². The Hall–Kier alpha value is -3.80. The number of aliphatic carboxylic acids is 1. The number of nitrogens with one attached hydrogen (secondary N) is 2. The van der Waals surface area contributed by atoms with Gasteiger partial charge in [-0.15, -0.1) is 0 Å². The minimum absolute atomic E-state index is 0.0416. The molecule has 24 nitrogen and oxygen atoms in total. The Morgan fingerprint density at radius 3 is 1.51 bits per heavy atom. The third-order valence-corrected chi connectivity index (χ3v) is 12.1. The molecular formula is C44H78N4O20S2. The highest BCUT2D eigenvalue weighted by molar-refractivity contribution is 8.76. The third kappa shape index (κ3) is 38.0. The van der Waals surface area contributed by atoms with Crippen LogP contribution in [-0.4, -0.2) is 182 Å². The molecule has 7 unspecified atom stereocenters. The topological polar surface area (TPSA) is 340 Å². The second-order valence-electron chi connectivity index (χ2n) is 14.9. The first kappa shape index (κ1) is 68.3. The molecule has 0 aliphatic heterocycles. The fourth-order valence-corrected chi connectivity index (χ4v) is 7.03. The lowest BCUT2D eigenvalue weighted by Gasteiger charge is -2.21. The molecule has 0 saturated carbocycles. The first-order chi connectivity index (χ1) is 33.5. The average Bonchev–Trinajstić information content (AvgIpc) is 3.36. The van der Waals surface area contributed by atoms with Crippen molar-refractivity contribution in [2.24, 2.45) is 0 Å². The molecule has 0 saturated heterocycles. The van der Waals surface area contributed by atoms with Crippen LogP contribution in [0.5, 0.6) is 0 Å². The third-order valence-electron chi connectivity index (χ3n) is 9.27. The van der Waals surface area contributed by atoms with Gasteiger partial charge in [0.1, 0.15) is 24.4 Å². The summed E-state index contributed by atoms with van der Waals surface area (Å²) in [6.45, 7) is 7.74. The summed E-state index contributed by atoms with van der Waals surface area (Å²) < 4.78 is 40.8. The van der Waals surface area contributed by atoms with Crippen LogP contribution in [0, 0.1) is 10.1 Å². The first-order valence-corrected chi connectivity index (χ1v) is 25.2. The van der Waals surface area contributed by atoms with Crippen molar-refractivity contribution in [3.8, 4) is 0 Å². The van der Waals surface area contributed by atoms with E-state index in [2.05, 4.69) is 15.6 Å². The van der Waals surface area contributed by atoms with Crippen molar-refractivity contribution in [1.29, 1.82) is 0 Å². The summed E-state index contributed by atoms with van der Waals surface area (Å²) in [4.78, 5) is 71.7. The summed E-state index contributed by atoms with van der Waals surface area (Å²) in [7, 11) is 7.24. The van der Waals surface area contributed by atoms with Crippen molar-refractivity contribution < 1.29 is 92.3 Å². The maximum Gasteiger partial charge on any atom is 0.305 e. The Labute approximate surface area is 418 Å². The van der Waals surface area contributed by atoms with Gasteiger partial charge in [-0.3, -0.25) is 34.1 Å². The van der Waals surface area contributed by atoms with Crippen LogP contribution in [0.2, 0.25) is 0 Å². The van der Waals surface area contributed by atoms with Crippen LogP contribution in [0.1, 0.15) is 105 Å². The Balaban J connectivity index is 0. The van der Waals surface area contributed by atoms with Crippen LogP contribution in [0.25, 0.3) is 0 Å². The molecule has 0 aliphatic carbocycles. The van der Waals surface area contributed by atoms with Crippen LogP contribution >= 0.6 is 21.6 Å². The van der Waals surface area contributed by atoms with Crippen molar-refractivity contribution in [1.82, 2.24) is 15.6 Å². The van der Waals surface area contributed by atoms with Crippen molar-refractivity contribution in [2.75, 3.05) is 74.1 Å². The number of carbonyl (C=O) groups excluding carboxylic acids is 4. The number of aromatic nitrogens is 1. The molecular weight excluding hydrogens is 969 g/mol.